The molecule has 0 bridgehead atoms. The Hall–Kier alpha value is -1.03. The highest BCUT2D eigenvalue weighted by atomic mass is 35.5. The van der Waals surface area contributed by atoms with E-state index in [9.17, 15) is 0 Å². The van der Waals surface area contributed by atoms with E-state index < -0.39 is 0 Å². The van der Waals surface area contributed by atoms with Crippen LogP contribution in [0.4, 0.5) is 0 Å². The van der Waals surface area contributed by atoms with Crippen LogP contribution in [0.5, 0.6) is 0 Å². The molecule has 1 aromatic carbocycles. The van der Waals surface area contributed by atoms with Crippen molar-refractivity contribution in [2.24, 2.45) is 0 Å². The second kappa shape index (κ2) is 6.17. The van der Waals surface area contributed by atoms with Crippen molar-refractivity contribution < 1.29 is 0 Å². The van der Waals surface area contributed by atoms with Crippen LogP contribution in [0.2, 0.25) is 10.0 Å². The minimum atomic E-state index is 0.0600. The number of imidazole rings is 1. The fourth-order valence-electron chi connectivity index (χ4n) is 1.85. The second-order valence-electron chi connectivity index (χ2n) is 5.79. The maximum Gasteiger partial charge on any atom is 0.122 e. The van der Waals surface area contributed by atoms with E-state index in [1.54, 1.807) is 12.3 Å². The average Bonchev–Trinajstić information content (AvgIpc) is 2.79. The van der Waals surface area contributed by atoms with Crippen molar-refractivity contribution in [3.8, 4) is 0 Å². The predicted molar refractivity (Wildman–Crippen MR) is 84.4 cm³/mol. The lowest BCUT2D eigenvalue weighted by molar-refractivity contribution is 0.413. The molecule has 0 saturated carbocycles. The molecular formula is C15H19Cl2N3. The zero-order valence-electron chi connectivity index (χ0n) is 12.0. The number of rotatable bonds is 4. The molecule has 1 aromatic heterocycles. The first-order valence-corrected chi connectivity index (χ1v) is 7.30. The smallest absolute Gasteiger partial charge is 0.122 e. The molecule has 0 aliphatic heterocycles. The summed E-state index contributed by atoms with van der Waals surface area (Å²) in [5.74, 6) is 0.982. The van der Waals surface area contributed by atoms with Gasteiger partial charge in [0.25, 0.3) is 0 Å². The van der Waals surface area contributed by atoms with Gasteiger partial charge in [0.1, 0.15) is 5.82 Å². The molecule has 0 amide bonds. The highest BCUT2D eigenvalue weighted by molar-refractivity contribution is 6.42. The summed E-state index contributed by atoms with van der Waals surface area (Å²) in [6.45, 7) is 7.78. The maximum absolute atomic E-state index is 6.23. The molecule has 0 fully saturated rings. The summed E-state index contributed by atoms with van der Waals surface area (Å²) >= 11 is 12.3. The van der Waals surface area contributed by atoms with Gasteiger partial charge in [-0.1, -0.05) is 35.3 Å². The Bertz CT molecular complexity index is 585. The molecule has 0 aliphatic carbocycles. The Morgan fingerprint density at radius 3 is 2.70 bits per heavy atom. The van der Waals surface area contributed by atoms with Gasteiger partial charge in [-0.05, 0) is 32.4 Å². The van der Waals surface area contributed by atoms with Crippen molar-refractivity contribution in [2.45, 2.75) is 39.4 Å². The Kier molecular flexibility index (Phi) is 4.74. The van der Waals surface area contributed by atoms with E-state index in [2.05, 4.69) is 35.6 Å². The Morgan fingerprint density at radius 1 is 1.25 bits per heavy atom. The largest absolute Gasteiger partial charge is 0.329 e. The number of nitrogens with one attached hydrogen (secondary N) is 1. The molecule has 108 valence electrons. The standard InChI is InChI=1S/C15H19Cl2N3/c1-15(2,3)19-9-13-18-7-8-20(13)10-11-5-4-6-12(16)14(11)17/h4-8,19H,9-10H2,1-3H3. The number of benzene rings is 1. The Balaban J connectivity index is 2.14. The van der Waals surface area contributed by atoms with Gasteiger partial charge in [0, 0.05) is 17.9 Å². The van der Waals surface area contributed by atoms with Crippen LogP contribution >= 0.6 is 23.2 Å². The van der Waals surface area contributed by atoms with Crippen molar-refractivity contribution in [3.05, 3.63) is 52.0 Å². The van der Waals surface area contributed by atoms with Crippen molar-refractivity contribution in [1.82, 2.24) is 14.9 Å². The normalized spacial score (nSPS) is 11.8. The van der Waals surface area contributed by atoms with Crippen LogP contribution < -0.4 is 5.32 Å². The van der Waals surface area contributed by atoms with Gasteiger partial charge in [-0.2, -0.15) is 0 Å². The van der Waals surface area contributed by atoms with Crippen molar-refractivity contribution in [2.75, 3.05) is 0 Å². The molecule has 0 unspecified atom stereocenters. The third-order valence-electron chi connectivity index (χ3n) is 2.95. The lowest BCUT2D eigenvalue weighted by Crippen LogP contribution is -2.36. The first kappa shape index (κ1) is 15.4. The zero-order valence-corrected chi connectivity index (χ0v) is 13.5. The van der Waals surface area contributed by atoms with Crippen molar-refractivity contribution in [3.63, 3.8) is 0 Å². The van der Waals surface area contributed by atoms with Gasteiger partial charge in [0.2, 0.25) is 0 Å². The number of hydrogen-bond acceptors (Lipinski definition) is 2. The summed E-state index contributed by atoms with van der Waals surface area (Å²) in [5, 5.41) is 4.63. The first-order valence-electron chi connectivity index (χ1n) is 6.55. The summed E-state index contributed by atoms with van der Waals surface area (Å²) in [7, 11) is 0. The predicted octanol–water partition coefficient (Wildman–Crippen LogP) is 4.13. The van der Waals surface area contributed by atoms with E-state index >= 15 is 0 Å². The minimum Gasteiger partial charge on any atom is -0.329 e. The summed E-state index contributed by atoms with van der Waals surface area (Å²) in [5.41, 5.74) is 1.05. The number of aromatic nitrogens is 2. The number of hydrogen-bond donors (Lipinski definition) is 1. The minimum absolute atomic E-state index is 0.0600. The van der Waals surface area contributed by atoms with Crippen LogP contribution in [0.15, 0.2) is 30.6 Å². The fourth-order valence-corrected chi connectivity index (χ4v) is 2.23. The van der Waals surface area contributed by atoms with Crippen LogP contribution in [0.1, 0.15) is 32.2 Å². The van der Waals surface area contributed by atoms with Crippen molar-refractivity contribution in [1.29, 1.82) is 0 Å². The van der Waals surface area contributed by atoms with Gasteiger partial charge < -0.3 is 9.88 Å². The monoisotopic (exact) mass is 311 g/mol. The van der Waals surface area contributed by atoms with Crippen LogP contribution in [-0.2, 0) is 13.1 Å². The van der Waals surface area contributed by atoms with Gasteiger partial charge in [-0.25, -0.2) is 4.98 Å². The zero-order chi connectivity index (χ0) is 14.8. The van der Waals surface area contributed by atoms with Gasteiger partial charge in [-0.3, -0.25) is 0 Å². The Labute approximate surface area is 129 Å². The Morgan fingerprint density at radius 2 is 2.00 bits per heavy atom. The molecule has 0 saturated heterocycles. The first-order chi connectivity index (χ1) is 9.37. The molecule has 0 atom stereocenters. The second-order valence-corrected chi connectivity index (χ2v) is 6.57. The topological polar surface area (TPSA) is 29.9 Å². The van der Waals surface area contributed by atoms with E-state index in [4.69, 9.17) is 23.2 Å². The highest BCUT2D eigenvalue weighted by Crippen LogP contribution is 2.26. The maximum atomic E-state index is 6.23. The van der Waals surface area contributed by atoms with Crippen LogP contribution in [-0.4, -0.2) is 15.1 Å². The van der Waals surface area contributed by atoms with Crippen LogP contribution in [0.3, 0.4) is 0 Å². The summed E-state index contributed by atoms with van der Waals surface area (Å²) in [6, 6.07) is 5.69. The van der Waals surface area contributed by atoms with Crippen molar-refractivity contribution >= 4 is 23.2 Å². The molecule has 2 aromatic rings. The number of nitrogens with zero attached hydrogens (tertiary/aromatic N) is 2. The number of halogens is 2. The third-order valence-corrected chi connectivity index (χ3v) is 3.81. The van der Waals surface area contributed by atoms with Gasteiger partial charge in [0.15, 0.2) is 0 Å². The molecule has 5 heteroatoms. The molecule has 2 rings (SSSR count). The van der Waals surface area contributed by atoms with E-state index in [0.717, 1.165) is 11.4 Å². The molecule has 1 heterocycles. The van der Waals surface area contributed by atoms with E-state index in [1.807, 2.05) is 18.3 Å². The SMILES string of the molecule is CC(C)(C)NCc1nccn1Cc1cccc(Cl)c1Cl. The quantitative estimate of drug-likeness (QED) is 0.920. The fraction of sp³-hybridized carbons (Fsp3) is 0.400. The molecule has 1 N–H and O–H groups in total. The molecule has 20 heavy (non-hydrogen) atoms. The average molecular weight is 312 g/mol. The van der Waals surface area contributed by atoms with Gasteiger partial charge in [0.05, 0.1) is 23.1 Å². The van der Waals surface area contributed by atoms with Gasteiger partial charge in [-0.15, -0.1) is 0 Å². The van der Waals surface area contributed by atoms with E-state index in [-0.39, 0.29) is 5.54 Å². The molecule has 0 spiro atoms. The molecule has 0 aliphatic rings. The third kappa shape index (κ3) is 3.98. The summed E-state index contributed by atoms with van der Waals surface area (Å²) in [4.78, 5) is 4.39. The highest BCUT2D eigenvalue weighted by Gasteiger charge is 2.12. The molecule has 3 nitrogen and oxygen atoms in total. The van der Waals surface area contributed by atoms with E-state index in [1.165, 1.54) is 0 Å². The van der Waals surface area contributed by atoms with Gasteiger partial charge >= 0.3 is 0 Å². The van der Waals surface area contributed by atoms with Crippen LogP contribution in [0.25, 0.3) is 0 Å². The molecule has 0 radical (unpaired) electrons. The lowest BCUT2D eigenvalue weighted by Gasteiger charge is -2.20. The summed E-state index contributed by atoms with van der Waals surface area (Å²) in [6.07, 6.45) is 3.76. The molecular weight excluding hydrogens is 293 g/mol. The van der Waals surface area contributed by atoms with Crippen LogP contribution in [0, 0.1) is 0 Å². The van der Waals surface area contributed by atoms with E-state index in [0.29, 0.717) is 23.1 Å². The summed E-state index contributed by atoms with van der Waals surface area (Å²) < 4.78 is 2.08. The lowest BCUT2D eigenvalue weighted by atomic mass is 10.1.